The molecule has 0 saturated heterocycles. The van der Waals surface area contributed by atoms with E-state index in [0.29, 0.717) is 11.4 Å². The molecule has 1 aliphatic carbocycles. The summed E-state index contributed by atoms with van der Waals surface area (Å²) in [6.07, 6.45) is 6.16. The van der Waals surface area contributed by atoms with Crippen molar-refractivity contribution in [3.05, 3.63) is 35.9 Å². The summed E-state index contributed by atoms with van der Waals surface area (Å²) < 4.78 is 0. The number of guanidine groups is 1. The van der Waals surface area contributed by atoms with Crippen molar-refractivity contribution in [2.24, 2.45) is 16.1 Å². The van der Waals surface area contributed by atoms with E-state index >= 15 is 0 Å². The molecule has 1 saturated carbocycles. The number of hydrogen-bond acceptors (Lipinski definition) is 1. The Hall–Kier alpha value is -1.51. The Morgan fingerprint density at radius 1 is 1.32 bits per heavy atom. The maximum Gasteiger partial charge on any atom is 0.188 e. The van der Waals surface area contributed by atoms with Crippen LogP contribution in [-0.2, 0) is 6.42 Å². The summed E-state index contributed by atoms with van der Waals surface area (Å²) in [5.41, 5.74) is 7.72. The number of rotatable bonds is 7. The summed E-state index contributed by atoms with van der Waals surface area (Å²) in [6, 6.07) is 10.4. The molecule has 104 valence electrons. The number of nitrogens with one attached hydrogen (secondary N) is 1. The molecule has 0 aliphatic heterocycles. The van der Waals surface area contributed by atoms with Crippen LogP contribution >= 0.6 is 0 Å². The third kappa shape index (κ3) is 4.58. The summed E-state index contributed by atoms with van der Waals surface area (Å²) >= 11 is 0. The van der Waals surface area contributed by atoms with Gasteiger partial charge in [0.1, 0.15) is 0 Å². The topological polar surface area (TPSA) is 50.4 Å². The van der Waals surface area contributed by atoms with Gasteiger partial charge in [0.2, 0.25) is 0 Å². The summed E-state index contributed by atoms with van der Waals surface area (Å²) in [5, 5.41) is 3.20. The van der Waals surface area contributed by atoms with Gasteiger partial charge >= 0.3 is 0 Å². The lowest BCUT2D eigenvalue weighted by atomic mass is 10.0. The van der Waals surface area contributed by atoms with Crippen LogP contribution in [0.1, 0.15) is 38.2 Å². The van der Waals surface area contributed by atoms with Crippen LogP contribution in [0.4, 0.5) is 0 Å². The molecule has 0 heterocycles. The Morgan fingerprint density at radius 2 is 2.05 bits per heavy atom. The van der Waals surface area contributed by atoms with E-state index in [2.05, 4.69) is 41.5 Å². The molecule has 0 unspecified atom stereocenters. The average Bonchev–Trinajstić information content (AvgIpc) is 3.19. The van der Waals surface area contributed by atoms with Crippen molar-refractivity contribution in [2.45, 2.75) is 39.0 Å². The van der Waals surface area contributed by atoms with Crippen molar-refractivity contribution in [3.63, 3.8) is 0 Å². The van der Waals surface area contributed by atoms with Crippen LogP contribution in [0.25, 0.3) is 0 Å². The smallest absolute Gasteiger partial charge is 0.188 e. The van der Waals surface area contributed by atoms with Crippen molar-refractivity contribution in [2.75, 3.05) is 13.1 Å². The third-order valence-electron chi connectivity index (χ3n) is 3.88. The summed E-state index contributed by atoms with van der Waals surface area (Å²) in [7, 11) is 0. The van der Waals surface area contributed by atoms with E-state index in [1.165, 1.54) is 31.2 Å². The Bertz CT molecular complexity index is 407. The Morgan fingerprint density at radius 3 is 2.68 bits per heavy atom. The molecule has 0 radical (unpaired) electrons. The van der Waals surface area contributed by atoms with Crippen LogP contribution in [0.3, 0.4) is 0 Å². The van der Waals surface area contributed by atoms with Crippen LogP contribution in [0, 0.1) is 5.41 Å². The van der Waals surface area contributed by atoms with Gasteiger partial charge in [0, 0.05) is 13.1 Å². The van der Waals surface area contributed by atoms with E-state index in [1.54, 1.807) is 0 Å². The maximum atomic E-state index is 5.91. The minimum Gasteiger partial charge on any atom is -0.370 e. The predicted octanol–water partition coefficient (Wildman–Crippen LogP) is 2.71. The highest BCUT2D eigenvalue weighted by Crippen LogP contribution is 2.49. The number of hydrogen-bond donors (Lipinski definition) is 2. The fraction of sp³-hybridized carbons (Fsp3) is 0.562. The van der Waals surface area contributed by atoms with Crippen LogP contribution in [0.2, 0.25) is 0 Å². The maximum absolute atomic E-state index is 5.91. The normalized spacial score (nSPS) is 17.2. The summed E-state index contributed by atoms with van der Waals surface area (Å²) in [6.45, 7) is 3.98. The van der Waals surface area contributed by atoms with Gasteiger partial charge in [-0.2, -0.15) is 0 Å². The van der Waals surface area contributed by atoms with E-state index in [9.17, 15) is 0 Å². The molecule has 3 N–H and O–H groups in total. The van der Waals surface area contributed by atoms with Crippen molar-refractivity contribution < 1.29 is 0 Å². The molecule has 1 aromatic carbocycles. The Kier molecular flexibility index (Phi) is 4.83. The SMILES string of the molecule is CCCC1(CN=C(N)NCCc2ccccc2)CC1. The molecule has 0 aromatic heterocycles. The van der Waals surface area contributed by atoms with Gasteiger partial charge in [0.05, 0.1) is 0 Å². The second kappa shape index (κ2) is 6.60. The second-order valence-electron chi connectivity index (χ2n) is 5.61. The largest absolute Gasteiger partial charge is 0.370 e. The van der Waals surface area contributed by atoms with Crippen LogP contribution < -0.4 is 11.1 Å². The van der Waals surface area contributed by atoms with Crippen LogP contribution in [0.15, 0.2) is 35.3 Å². The zero-order chi connectivity index (χ0) is 13.6. The van der Waals surface area contributed by atoms with Gasteiger partial charge in [-0.05, 0) is 36.7 Å². The quantitative estimate of drug-likeness (QED) is 0.584. The van der Waals surface area contributed by atoms with E-state index in [4.69, 9.17) is 5.73 Å². The first kappa shape index (κ1) is 13.9. The minimum absolute atomic E-state index is 0.487. The molecular formula is C16H25N3. The number of nitrogens with two attached hydrogens (primary N) is 1. The molecule has 19 heavy (non-hydrogen) atoms. The fourth-order valence-corrected chi connectivity index (χ4v) is 2.48. The van der Waals surface area contributed by atoms with Gasteiger partial charge in [-0.15, -0.1) is 0 Å². The average molecular weight is 259 g/mol. The minimum atomic E-state index is 0.487. The monoisotopic (exact) mass is 259 g/mol. The second-order valence-corrected chi connectivity index (χ2v) is 5.61. The lowest BCUT2D eigenvalue weighted by Gasteiger charge is -2.11. The van der Waals surface area contributed by atoms with Gasteiger partial charge in [0.15, 0.2) is 5.96 Å². The van der Waals surface area contributed by atoms with E-state index in [-0.39, 0.29) is 0 Å². The first-order chi connectivity index (χ1) is 9.24. The summed E-state index contributed by atoms with van der Waals surface area (Å²) in [5.74, 6) is 0.596. The van der Waals surface area contributed by atoms with Crippen molar-refractivity contribution in [1.82, 2.24) is 5.32 Å². The molecule has 3 nitrogen and oxygen atoms in total. The number of aliphatic imine (C=N–C) groups is 1. The lowest BCUT2D eigenvalue weighted by molar-refractivity contribution is 0.472. The van der Waals surface area contributed by atoms with E-state index in [0.717, 1.165) is 19.5 Å². The lowest BCUT2D eigenvalue weighted by Crippen LogP contribution is -2.33. The highest BCUT2D eigenvalue weighted by Gasteiger charge is 2.41. The van der Waals surface area contributed by atoms with Crippen LogP contribution in [0.5, 0.6) is 0 Å². The zero-order valence-electron chi connectivity index (χ0n) is 11.9. The molecule has 1 aromatic rings. The molecule has 0 bridgehead atoms. The molecule has 0 amide bonds. The zero-order valence-corrected chi connectivity index (χ0v) is 11.9. The van der Waals surface area contributed by atoms with Crippen molar-refractivity contribution >= 4 is 5.96 Å². The van der Waals surface area contributed by atoms with Gasteiger partial charge in [-0.3, -0.25) is 4.99 Å². The number of benzene rings is 1. The van der Waals surface area contributed by atoms with E-state index in [1.807, 2.05) is 6.07 Å². The van der Waals surface area contributed by atoms with Gasteiger partial charge in [0.25, 0.3) is 0 Å². The predicted molar refractivity (Wildman–Crippen MR) is 81.2 cm³/mol. The summed E-state index contributed by atoms with van der Waals surface area (Å²) in [4.78, 5) is 4.49. The molecular weight excluding hydrogens is 234 g/mol. The number of nitrogens with zero attached hydrogens (tertiary/aromatic N) is 1. The molecule has 0 atom stereocenters. The first-order valence-electron chi connectivity index (χ1n) is 7.32. The van der Waals surface area contributed by atoms with E-state index < -0.39 is 0 Å². The fourth-order valence-electron chi connectivity index (χ4n) is 2.48. The molecule has 0 spiro atoms. The van der Waals surface area contributed by atoms with Gasteiger partial charge in [-0.1, -0.05) is 43.7 Å². The third-order valence-corrected chi connectivity index (χ3v) is 3.88. The van der Waals surface area contributed by atoms with Gasteiger partial charge < -0.3 is 11.1 Å². The van der Waals surface area contributed by atoms with Crippen LogP contribution in [-0.4, -0.2) is 19.0 Å². The first-order valence-corrected chi connectivity index (χ1v) is 7.32. The Balaban J connectivity index is 1.68. The Labute approximate surface area is 116 Å². The standard InChI is InChI=1S/C16H25N3/c1-2-9-16(10-11-16)13-19-15(17)18-12-8-14-6-4-3-5-7-14/h3-7H,2,8-13H2,1H3,(H3,17,18,19). The molecule has 3 heteroatoms. The molecule has 1 aliphatic rings. The molecule has 1 fully saturated rings. The highest BCUT2D eigenvalue weighted by atomic mass is 15.1. The highest BCUT2D eigenvalue weighted by molar-refractivity contribution is 5.77. The van der Waals surface area contributed by atoms with Crippen molar-refractivity contribution in [3.8, 4) is 0 Å². The van der Waals surface area contributed by atoms with Crippen molar-refractivity contribution in [1.29, 1.82) is 0 Å². The molecule has 2 rings (SSSR count). The van der Waals surface area contributed by atoms with Gasteiger partial charge in [-0.25, -0.2) is 0 Å².